The highest BCUT2D eigenvalue weighted by atomic mass is 35.5. The topological polar surface area (TPSA) is 79.6 Å². The van der Waals surface area contributed by atoms with Gasteiger partial charge in [-0.05, 0) is 54.6 Å². The van der Waals surface area contributed by atoms with Crippen LogP contribution in [0.1, 0.15) is 21.9 Å². The van der Waals surface area contributed by atoms with Crippen molar-refractivity contribution in [3.8, 4) is 0 Å². The standard InChI is InChI=1S/C18H14Cl2N2O4S/c1-10-2-5-14(26-10)16(23)21-6-7-22-17(24)15(27-18(22)25)8-11-3-4-12(19)9-13(11)20/h2-5,8-9H,6-7H2,1H3,(H,21,23)/b15-8-. The lowest BCUT2D eigenvalue weighted by atomic mass is 10.2. The van der Waals surface area contributed by atoms with Gasteiger partial charge in [0, 0.05) is 23.1 Å². The summed E-state index contributed by atoms with van der Waals surface area (Å²) >= 11 is 12.8. The molecular formula is C18H14Cl2N2O4S. The van der Waals surface area contributed by atoms with Crippen LogP contribution in [0.25, 0.3) is 6.08 Å². The maximum atomic E-state index is 12.5. The van der Waals surface area contributed by atoms with E-state index in [0.29, 0.717) is 21.4 Å². The summed E-state index contributed by atoms with van der Waals surface area (Å²) in [6.45, 7) is 1.91. The first-order valence-corrected chi connectivity index (χ1v) is 9.47. The Kier molecular flexibility index (Phi) is 5.94. The third kappa shape index (κ3) is 4.55. The Labute approximate surface area is 169 Å². The molecule has 0 bridgehead atoms. The molecule has 0 radical (unpaired) electrons. The van der Waals surface area contributed by atoms with Crippen LogP contribution in [0.2, 0.25) is 10.0 Å². The predicted octanol–water partition coefficient (Wildman–Crippen LogP) is 4.36. The van der Waals surface area contributed by atoms with Gasteiger partial charge in [0.2, 0.25) is 0 Å². The molecule has 2 heterocycles. The molecule has 140 valence electrons. The Morgan fingerprint density at radius 1 is 1.26 bits per heavy atom. The van der Waals surface area contributed by atoms with E-state index in [-0.39, 0.29) is 23.8 Å². The van der Waals surface area contributed by atoms with Crippen molar-refractivity contribution in [2.45, 2.75) is 6.92 Å². The molecule has 1 aromatic carbocycles. The van der Waals surface area contributed by atoms with Crippen LogP contribution in [0.3, 0.4) is 0 Å². The number of rotatable bonds is 5. The Bertz CT molecular complexity index is 955. The summed E-state index contributed by atoms with van der Waals surface area (Å²) < 4.78 is 5.22. The van der Waals surface area contributed by atoms with Crippen LogP contribution in [-0.2, 0) is 4.79 Å². The maximum Gasteiger partial charge on any atom is 0.293 e. The Morgan fingerprint density at radius 2 is 2.04 bits per heavy atom. The Morgan fingerprint density at radius 3 is 2.70 bits per heavy atom. The molecule has 0 unspecified atom stereocenters. The highest BCUT2D eigenvalue weighted by molar-refractivity contribution is 8.18. The number of carbonyl (C=O) groups excluding carboxylic acids is 3. The fraction of sp³-hybridized carbons (Fsp3) is 0.167. The number of nitrogens with zero attached hydrogens (tertiary/aromatic N) is 1. The van der Waals surface area contributed by atoms with Crippen molar-refractivity contribution in [2.75, 3.05) is 13.1 Å². The second-order valence-electron chi connectivity index (χ2n) is 5.67. The van der Waals surface area contributed by atoms with Crippen molar-refractivity contribution in [2.24, 2.45) is 0 Å². The lowest BCUT2D eigenvalue weighted by Crippen LogP contribution is -2.37. The van der Waals surface area contributed by atoms with Gasteiger partial charge < -0.3 is 9.73 Å². The summed E-state index contributed by atoms with van der Waals surface area (Å²) in [6, 6.07) is 8.12. The SMILES string of the molecule is Cc1ccc(C(=O)NCCN2C(=O)S/C(=C\c3ccc(Cl)cc3Cl)C2=O)o1. The smallest absolute Gasteiger partial charge is 0.293 e. The van der Waals surface area contributed by atoms with Gasteiger partial charge in [-0.2, -0.15) is 0 Å². The first kappa shape index (κ1) is 19.5. The van der Waals surface area contributed by atoms with Crippen LogP contribution < -0.4 is 5.32 Å². The van der Waals surface area contributed by atoms with Gasteiger partial charge in [-0.25, -0.2) is 0 Å². The number of nitrogens with one attached hydrogen (secondary N) is 1. The molecule has 1 fully saturated rings. The summed E-state index contributed by atoms with van der Waals surface area (Å²) in [6.07, 6.45) is 1.55. The number of hydrogen-bond acceptors (Lipinski definition) is 5. The molecule has 2 aromatic rings. The van der Waals surface area contributed by atoms with E-state index in [1.54, 1.807) is 43.3 Å². The number of halogens is 2. The fourth-order valence-electron chi connectivity index (χ4n) is 2.38. The van der Waals surface area contributed by atoms with Gasteiger partial charge in [-0.15, -0.1) is 0 Å². The molecule has 0 spiro atoms. The number of thioether (sulfide) groups is 1. The molecule has 27 heavy (non-hydrogen) atoms. The van der Waals surface area contributed by atoms with E-state index in [1.165, 1.54) is 0 Å². The monoisotopic (exact) mass is 424 g/mol. The molecule has 1 N–H and O–H groups in total. The average Bonchev–Trinajstić information content (AvgIpc) is 3.15. The van der Waals surface area contributed by atoms with E-state index < -0.39 is 17.1 Å². The van der Waals surface area contributed by atoms with Gasteiger partial charge in [0.15, 0.2) is 5.76 Å². The molecule has 1 aliphatic rings. The molecule has 1 aliphatic heterocycles. The number of imide groups is 1. The molecule has 1 aromatic heterocycles. The molecular weight excluding hydrogens is 411 g/mol. The largest absolute Gasteiger partial charge is 0.456 e. The second-order valence-corrected chi connectivity index (χ2v) is 7.50. The summed E-state index contributed by atoms with van der Waals surface area (Å²) in [4.78, 5) is 37.8. The van der Waals surface area contributed by atoms with Gasteiger partial charge in [0.05, 0.1) is 4.91 Å². The minimum atomic E-state index is -0.431. The average molecular weight is 425 g/mol. The number of amides is 3. The van der Waals surface area contributed by atoms with E-state index in [9.17, 15) is 14.4 Å². The van der Waals surface area contributed by atoms with Crippen LogP contribution in [-0.4, -0.2) is 35.0 Å². The van der Waals surface area contributed by atoms with Crippen LogP contribution in [0.4, 0.5) is 4.79 Å². The van der Waals surface area contributed by atoms with Crippen molar-refractivity contribution in [1.82, 2.24) is 10.2 Å². The lowest BCUT2D eigenvalue weighted by molar-refractivity contribution is -0.122. The lowest BCUT2D eigenvalue weighted by Gasteiger charge is -2.12. The minimum Gasteiger partial charge on any atom is -0.456 e. The maximum absolute atomic E-state index is 12.5. The van der Waals surface area contributed by atoms with Crippen molar-refractivity contribution >= 4 is 58.1 Å². The zero-order valence-corrected chi connectivity index (χ0v) is 16.5. The summed E-state index contributed by atoms with van der Waals surface area (Å²) in [5, 5.41) is 3.08. The van der Waals surface area contributed by atoms with Gasteiger partial charge in [0.25, 0.3) is 17.1 Å². The molecule has 3 rings (SSSR count). The van der Waals surface area contributed by atoms with Gasteiger partial charge in [0.1, 0.15) is 5.76 Å². The van der Waals surface area contributed by atoms with E-state index in [4.69, 9.17) is 27.6 Å². The molecule has 0 saturated carbocycles. The van der Waals surface area contributed by atoms with Gasteiger partial charge in [-0.1, -0.05) is 29.3 Å². The number of hydrogen-bond donors (Lipinski definition) is 1. The molecule has 9 heteroatoms. The van der Waals surface area contributed by atoms with Crippen molar-refractivity contribution in [3.63, 3.8) is 0 Å². The molecule has 3 amide bonds. The van der Waals surface area contributed by atoms with Crippen LogP contribution in [0.5, 0.6) is 0 Å². The summed E-state index contributed by atoms with van der Waals surface area (Å²) in [5.41, 5.74) is 0.591. The number of carbonyl (C=O) groups is 3. The Balaban J connectivity index is 1.62. The summed E-state index contributed by atoms with van der Waals surface area (Å²) in [7, 11) is 0. The number of benzene rings is 1. The third-order valence-corrected chi connectivity index (χ3v) is 5.18. The normalized spacial score (nSPS) is 15.7. The highest BCUT2D eigenvalue weighted by Gasteiger charge is 2.34. The molecule has 0 aliphatic carbocycles. The second kappa shape index (κ2) is 8.21. The van der Waals surface area contributed by atoms with Gasteiger partial charge >= 0.3 is 0 Å². The minimum absolute atomic E-state index is 0.0573. The first-order valence-electron chi connectivity index (χ1n) is 7.90. The predicted molar refractivity (Wildman–Crippen MR) is 105 cm³/mol. The Hall–Kier alpha value is -2.22. The van der Waals surface area contributed by atoms with Crippen molar-refractivity contribution < 1.29 is 18.8 Å². The van der Waals surface area contributed by atoms with Gasteiger partial charge in [-0.3, -0.25) is 19.3 Å². The zero-order valence-electron chi connectivity index (χ0n) is 14.1. The number of aryl methyl sites for hydroxylation is 1. The zero-order chi connectivity index (χ0) is 19.6. The fourth-order valence-corrected chi connectivity index (χ4v) is 3.70. The van der Waals surface area contributed by atoms with Crippen molar-refractivity contribution in [3.05, 3.63) is 62.4 Å². The first-order chi connectivity index (χ1) is 12.8. The third-order valence-electron chi connectivity index (χ3n) is 3.71. The van der Waals surface area contributed by atoms with E-state index in [1.807, 2.05) is 0 Å². The number of furan rings is 1. The van der Waals surface area contributed by atoms with Crippen LogP contribution in [0, 0.1) is 6.92 Å². The molecule has 6 nitrogen and oxygen atoms in total. The summed E-state index contributed by atoms with van der Waals surface area (Å²) in [5.74, 6) is -0.0336. The van der Waals surface area contributed by atoms with Crippen LogP contribution >= 0.6 is 35.0 Å². The van der Waals surface area contributed by atoms with E-state index in [0.717, 1.165) is 16.7 Å². The molecule has 0 atom stereocenters. The highest BCUT2D eigenvalue weighted by Crippen LogP contribution is 2.33. The van der Waals surface area contributed by atoms with E-state index >= 15 is 0 Å². The van der Waals surface area contributed by atoms with E-state index in [2.05, 4.69) is 5.32 Å². The quantitative estimate of drug-likeness (QED) is 0.721. The van der Waals surface area contributed by atoms with Crippen molar-refractivity contribution in [1.29, 1.82) is 0 Å². The van der Waals surface area contributed by atoms with Crippen LogP contribution in [0.15, 0.2) is 39.7 Å². The molecule has 1 saturated heterocycles.